The third kappa shape index (κ3) is 10.0. The number of ether oxygens (including phenoxy) is 1. The van der Waals surface area contributed by atoms with Gasteiger partial charge in [-0.15, -0.1) is 12.3 Å². The van der Waals surface area contributed by atoms with E-state index in [-0.39, 0.29) is 6.09 Å². The molecule has 1 amide bonds. The van der Waals surface area contributed by atoms with E-state index in [2.05, 4.69) is 17.8 Å². The second-order valence-electron chi connectivity index (χ2n) is 5.29. The molecule has 0 atom stereocenters. The van der Waals surface area contributed by atoms with Gasteiger partial charge in [-0.1, -0.05) is 6.58 Å². The van der Waals surface area contributed by atoms with Crippen LogP contribution in [0.25, 0.3) is 0 Å². The van der Waals surface area contributed by atoms with Crippen molar-refractivity contribution in [3.63, 3.8) is 0 Å². The summed E-state index contributed by atoms with van der Waals surface area (Å²) < 4.78 is 5.36. The quantitative estimate of drug-likeness (QED) is 0.542. The summed E-state index contributed by atoms with van der Waals surface area (Å²) in [6.07, 6.45) is 9.05. The Morgan fingerprint density at radius 3 is 2.63 bits per heavy atom. The molecular formula is C15H26N2O2. The lowest BCUT2D eigenvalue weighted by Gasteiger charge is -2.27. The summed E-state index contributed by atoms with van der Waals surface area (Å²) in [6, 6.07) is 0. The summed E-state index contributed by atoms with van der Waals surface area (Å²) >= 11 is 0. The van der Waals surface area contributed by atoms with Crippen molar-refractivity contribution in [1.29, 1.82) is 0 Å². The molecule has 0 aliphatic heterocycles. The van der Waals surface area contributed by atoms with Crippen LogP contribution in [0.15, 0.2) is 12.8 Å². The molecule has 0 aromatic heterocycles. The summed E-state index contributed by atoms with van der Waals surface area (Å²) in [5.41, 5.74) is -0.476. The Morgan fingerprint density at radius 2 is 2.11 bits per heavy atom. The average molecular weight is 266 g/mol. The predicted molar refractivity (Wildman–Crippen MR) is 78.7 cm³/mol. The zero-order chi connectivity index (χ0) is 14.7. The van der Waals surface area contributed by atoms with E-state index in [1.165, 1.54) is 0 Å². The molecule has 0 saturated carbocycles. The Hall–Kier alpha value is -1.63. The SMILES string of the molecule is C#CCCN(CCCCNC=C)C(=O)OC(C)(C)C. The molecule has 0 aliphatic rings. The lowest BCUT2D eigenvalue weighted by molar-refractivity contribution is 0.0251. The number of terminal acetylenes is 1. The Labute approximate surface area is 117 Å². The van der Waals surface area contributed by atoms with Crippen LogP contribution in [0.4, 0.5) is 4.79 Å². The van der Waals surface area contributed by atoms with Crippen LogP contribution in [0.3, 0.4) is 0 Å². The zero-order valence-corrected chi connectivity index (χ0v) is 12.4. The largest absolute Gasteiger partial charge is 0.444 e. The molecule has 0 heterocycles. The monoisotopic (exact) mass is 266 g/mol. The molecule has 19 heavy (non-hydrogen) atoms. The number of amides is 1. The van der Waals surface area contributed by atoms with Gasteiger partial charge in [0.25, 0.3) is 0 Å². The van der Waals surface area contributed by atoms with Gasteiger partial charge < -0.3 is 15.0 Å². The van der Waals surface area contributed by atoms with Gasteiger partial charge in [-0.2, -0.15) is 0 Å². The first kappa shape index (κ1) is 17.4. The van der Waals surface area contributed by atoms with Gasteiger partial charge >= 0.3 is 6.09 Å². The lowest BCUT2D eigenvalue weighted by atomic mass is 10.2. The fourth-order valence-corrected chi connectivity index (χ4v) is 1.45. The number of carbonyl (C=O) groups is 1. The first-order chi connectivity index (χ1) is 8.90. The standard InChI is InChI=1S/C15H26N2O2/c1-6-8-12-17(13-10-9-11-16-7-2)14(18)19-15(3,4)5/h1,7,16H,2,8-13H2,3-5H3. The Balaban J connectivity index is 4.18. The molecule has 0 radical (unpaired) electrons. The fraction of sp³-hybridized carbons (Fsp3) is 0.667. The van der Waals surface area contributed by atoms with Gasteiger partial charge in [-0.3, -0.25) is 0 Å². The molecule has 0 rings (SSSR count). The number of rotatable bonds is 8. The topological polar surface area (TPSA) is 41.6 Å². The summed E-state index contributed by atoms with van der Waals surface area (Å²) in [5, 5.41) is 3.03. The Kier molecular flexibility index (Phi) is 8.52. The van der Waals surface area contributed by atoms with Crippen molar-refractivity contribution >= 4 is 6.09 Å². The van der Waals surface area contributed by atoms with E-state index in [9.17, 15) is 4.79 Å². The van der Waals surface area contributed by atoms with Crippen molar-refractivity contribution in [2.24, 2.45) is 0 Å². The van der Waals surface area contributed by atoms with Crippen molar-refractivity contribution in [3.05, 3.63) is 12.8 Å². The Bertz CT molecular complexity index is 313. The molecule has 0 aliphatic carbocycles. The summed E-state index contributed by atoms with van der Waals surface area (Å²) in [7, 11) is 0. The Morgan fingerprint density at radius 1 is 1.42 bits per heavy atom. The molecular weight excluding hydrogens is 240 g/mol. The number of nitrogens with zero attached hydrogens (tertiary/aromatic N) is 1. The fourth-order valence-electron chi connectivity index (χ4n) is 1.45. The molecule has 0 unspecified atom stereocenters. The maximum Gasteiger partial charge on any atom is 0.410 e. The van der Waals surface area contributed by atoms with Crippen molar-refractivity contribution in [3.8, 4) is 12.3 Å². The van der Waals surface area contributed by atoms with E-state index in [4.69, 9.17) is 11.2 Å². The van der Waals surface area contributed by atoms with E-state index in [0.717, 1.165) is 19.4 Å². The first-order valence-corrected chi connectivity index (χ1v) is 6.66. The smallest absolute Gasteiger partial charge is 0.410 e. The molecule has 4 heteroatoms. The highest BCUT2D eigenvalue weighted by Gasteiger charge is 2.21. The van der Waals surface area contributed by atoms with Crippen LogP contribution in [-0.4, -0.2) is 36.2 Å². The highest BCUT2D eigenvalue weighted by Crippen LogP contribution is 2.10. The molecule has 0 spiro atoms. The van der Waals surface area contributed by atoms with Crippen LogP contribution in [0.5, 0.6) is 0 Å². The summed E-state index contributed by atoms with van der Waals surface area (Å²) in [4.78, 5) is 13.7. The van der Waals surface area contributed by atoms with Gasteiger partial charge in [0, 0.05) is 26.1 Å². The van der Waals surface area contributed by atoms with Gasteiger partial charge in [-0.25, -0.2) is 4.79 Å². The number of unbranched alkanes of at least 4 members (excludes halogenated alkanes) is 1. The number of hydrogen-bond donors (Lipinski definition) is 1. The van der Waals surface area contributed by atoms with E-state index in [1.54, 1.807) is 11.1 Å². The molecule has 108 valence electrons. The summed E-state index contributed by atoms with van der Waals surface area (Å²) in [5.74, 6) is 2.55. The maximum atomic E-state index is 12.0. The van der Waals surface area contributed by atoms with Crippen LogP contribution in [0, 0.1) is 12.3 Å². The van der Waals surface area contributed by atoms with Gasteiger partial charge in [-0.05, 0) is 39.8 Å². The molecule has 1 N–H and O–H groups in total. The van der Waals surface area contributed by atoms with Gasteiger partial charge in [0.05, 0.1) is 0 Å². The van der Waals surface area contributed by atoms with E-state index >= 15 is 0 Å². The third-order valence-electron chi connectivity index (χ3n) is 2.32. The predicted octanol–water partition coefficient (Wildman–Crippen LogP) is 2.76. The molecule has 0 aromatic rings. The lowest BCUT2D eigenvalue weighted by Crippen LogP contribution is -2.38. The summed E-state index contributed by atoms with van der Waals surface area (Å²) in [6.45, 7) is 11.2. The van der Waals surface area contributed by atoms with E-state index in [1.807, 2.05) is 20.8 Å². The van der Waals surface area contributed by atoms with Crippen molar-refractivity contribution in [2.45, 2.75) is 45.6 Å². The molecule has 0 fully saturated rings. The maximum absolute atomic E-state index is 12.0. The normalized spacial score (nSPS) is 10.4. The molecule has 0 saturated heterocycles. The highest BCUT2D eigenvalue weighted by atomic mass is 16.6. The van der Waals surface area contributed by atoms with Crippen LogP contribution >= 0.6 is 0 Å². The second kappa shape index (κ2) is 9.32. The van der Waals surface area contributed by atoms with Gasteiger partial charge in [0.15, 0.2) is 0 Å². The van der Waals surface area contributed by atoms with Crippen LogP contribution < -0.4 is 5.32 Å². The van der Waals surface area contributed by atoms with Crippen LogP contribution in [0.2, 0.25) is 0 Å². The first-order valence-electron chi connectivity index (χ1n) is 6.66. The number of carbonyl (C=O) groups excluding carboxylic acids is 1. The highest BCUT2D eigenvalue weighted by molar-refractivity contribution is 5.68. The number of hydrogen-bond acceptors (Lipinski definition) is 3. The number of nitrogens with one attached hydrogen (secondary N) is 1. The van der Waals surface area contributed by atoms with E-state index < -0.39 is 5.60 Å². The molecule has 0 aromatic carbocycles. The molecule has 0 bridgehead atoms. The minimum Gasteiger partial charge on any atom is -0.444 e. The van der Waals surface area contributed by atoms with Crippen molar-refractivity contribution in [1.82, 2.24) is 10.2 Å². The van der Waals surface area contributed by atoms with Crippen molar-refractivity contribution in [2.75, 3.05) is 19.6 Å². The van der Waals surface area contributed by atoms with Crippen LogP contribution in [0.1, 0.15) is 40.0 Å². The van der Waals surface area contributed by atoms with Crippen molar-refractivity contribution < 1.29 is 9.53 Å². The van der Waals surface area contributed by atoms with Gasteiger partial charge in [0.2, 0.25) is 0 Å². The van der Waals surface area contributed by atoms with Crippen LogP contribution in [-0.2, 0) is 4.74 Å². The second-order valence-corrected chi connectivity index (χ2v) is 5.29. The zero-order valence-electron chi connectivity index (χ0n) is 12.4. The minimum absolute atomic E-state index is 0.292. The third-order valence-corrected chi connectivity index (χ3v) is 2.32. The van der Waals surface area contributed by atoms with Gasteiger partial charge in [0.1, 0.15) is 5.60 Å². The average Bonchev–Trinajstić information content (AvgIpc) is 2.30. The molecule has 4 nitrogen and oxygen atoms in total. The minimum atomic E-state index is -0.476. The van der Waals surface area contributed by atoms with E-state index in [0.29, 0.717) is 19.5 Å².